The Morgan fingerprint density at radius 3 is 2.26 bits per heavy atom. The van der Waals surface area contributed by atoms with Crippen molar-refractivity contribution in [2.45, 2.75) is 70.6 Å². The minimum atomic E-state index is -0.598. The Hall–Kier alpha value is -5.47. The molecule has 4 aromatic rings. The van der Waals surface area contributed by atoms with Gasteiger partial charge >= 0.3 is 0 Å². The molecule has 0 saturated carbocycles. The fraction of sp³-hybridized carbons (Fsp3) is 0.511. The quantitative estimate of drug-likeness (QED) is 0.228. The molecule has 1 spiro atoms. The van der Waals surface area contributed by atoms with Crippen LogP contribution in [0.1, 0.15) is 67.4 Å². The zero-order valence-corrected chi connectivity index (χ0v) is 36.0. The second-order valence-electron chi connectivity index (χ2n) is 18.9. The Kier molecular flexibility index (Phi) is 9.66. The Labute approximate surface area is 356 Å². The predicted octanol–water partition coefficient (Wildman–Crippen LogP) is 4.40. The largest absolute Gasteiger partial charge is 0.496 e. The van der Waals surface area contributed by atoms with Gasteiger partial charge in [-0.2, -0.15) is 0 Å². The van der Waals surface area contributed by atoms with Crippen molar-refractivity contribution in [2.75, 3.05) is 76.4 Å². The summed E-state index contributed by atoms with van der Waals surface area (Å²) < 4.78 is 13.7. The molecular formula is C47H56N8O6. The van der Waals surface area contributed by atoms with E-state index in [1.165, 1.54) is 0 Å². The highest BCUT2D eigenvalue weighted by molar-refractivity contribution is 6.05. The number of hydrogen-bond donors (Lipinski definition) is 1. The number of nitrogens with one attached hydrogen (secondary N) is 1. The summed E-state index contributed by atoms with van der Waals surface area (Å²) in [5.41, 5.74) is 5.95. The van der Waals surface area contributed by atoms with Crippen molar-refractivity contribution in [1.82, 2.24) is 29.6 Å². The van der Waals surface area contributed by atoms with Gasteiger partial charge < -0.3 is 28.7 Å². The van der Waals surface area contributed by atoms with Crippen LogP contribution in [0, 0.1) is 11.3 Å². The summed E-state index contributed by atoms with van der Waals surface area (Å²) in [6, 6.07) is 11.7. The molecule has 6 aliphatic heterocycles. The zero-order chi connectivity index (χ0) is 42.4. The predicted molar refractivity (Wildman–Crippen MR) is 233 cm³/mol. The summed E-state index contributed by atoms with van der Waals surface area (Å²) in [4.78, 5) is 66.7. The summed E-state index contributed by atoms with van der Waals surface area (Å²) in [6.45, 7) is 14.1. The number of likely N-dealkylation sites (tertiary alicyclic amines) is 2. The van der Waals surface area contributed by atoms with Crippen molar-refractivity contribution in [3.05, 3.63) is 75.8 Å². The Balaban J connectivity index is 0.761. The van der Waals surface area contributed by atoms with Gasteiger partial charge in [0.15, 0.2) is 0 Å². The van der Waals surface area contributed by atoms with Crippen molar-refractivity contribution in [3.8, 4) is 22.6 Å². The number of ether oxygens (including phenoxy) is 2. The Morgan fingerprint density at radius 2 is 1.61 bits per heavy atom. The zero-order valence-electron chi connectivity index (χ0n) is 36.0. The van der Waals surface area contributed by atoms with Crippen LogP contribution in [0.15, 0.2) is 53.6 Å². The number of benzene rings is 2. The maximum Gasteiger partial charge on any atom is 0.259 e. The molecule has 14 nitrogen and oxygen atoms in total. The second kappa shape index (κ2) is 14.9. The molecule has 1 atom stereocenters. The molecule has 0 bridgehead atoms. The molecule has 0 aliphatic carbocycles. The molecule has 1 N–H and O–H groups in total. The molecule has 14 heteroatoms. The van der Waals surface area contributed by atoms with E-state index in [9.17, 15) is 19.2 Å². The fourth-order valence-electron chi connectivity index (χ4n) is 10.8. The smallest absolute Gasteiger partial charge is 0.259 e. The molecule has 3 amide bonds. The first-order valence-corrected chi connectivity index (χ1v) is 21.8. The van der Waals surface area contributed by atoms with Crippen LogP contribution < -0.4 is 30.1 Å². The number of anilines is 2. The third-order valence-electron chi connectivity index (χ3n) is 15.1. The molecule has 5 saturated heterocycles. The lowest BCUT2D eigenvalue weighted by atomic mass is 9.70. The van der Waals surface area contributed by atoms with Crippen molar-refractivity contribution >= 4 is 40.0 Å². The number of imide groups is 1. The van der Waals surface area contributed by atoms with Crippen LogP contribution in [0.5, 0.6) is 11.5 Å². The number of hydrogen-bond acceptors (Lipinski definition) is 11. The van der Waals surface area contributed by atoms with E-state index in [0.29, 0.717) is 35.2 Å². The molecule has 6 aliphatic rings. The standard InChI is InChI=1S/C47H56N8O6/c1-46(2,54-15-11-47(12-16-54)27-53(28-47)32-7-8-33-30(17-32)22-55(45(33)59)38-9-10-42(56)49-43(38)57)31-23-51(24-31)26-37-39(60-4)18-29(19-40(37)61-5)36-25-50(3)44(58)35-21-48-41(20-34(35)36)52-13-6-14-52/h7-8,17-21,25,31,38H,6,9-16,22-24,26-28H2,1-5H3,(H,49,56,57). The average molecular weight is 829 g/mol. The highest BCUT2D eigenvalue weighted by atomic mass is 16.5. The number of fused-ring (bicyclic) bond motifs is 2. The minimum Gasteiger partial charge on any atom is -0.496 e. The molecule has 1 unspecified atom stereocenters. The van der Waals surface area contributed by atoms with Gasteiger partial charge in [0.25, 0.3) is 11.5 Å². The maximum atomic E-state index is 13.2. The normalized spacial score (nSPS) is 22.0. The monoisotopic (exact) mass is 828 g/mol. The van der Waals surface area contributed by atoms with Crippen LogP contribution in [0.3, 0.4) is 0 Å². The van der Waals surface area contributed by atoms with Gasteiger partial charge in [-0.05, 0) is 100 Å². The molecule has 2 aromatic heterocycles. The van der Waals surface area contributed by atoms with E-state index in [1.54, 1.807) is 36.9 Å². The highest BCUT2D eigenvalue weighted by Gasteiger charge is 2.50. The van der Waals surface area contributed by atoms with Gasteiger partial charge in [-0.3, -0.25) is 34.3 Å². The van der Waals surface area contributed by atoms with E-state index in [1.807, 2.05) is 18.3 Å². The van der Waals surface area contributed by atoms with Crippen molar-refractivity contribution < 1.29 is 23.9 Å². The topological polar surface area (TPSA) is 133 Å². The summed E-state index contributed by atoms with van der Waals surface area (Å²) >= 11 is 0. The van der Waals surface area contributed by atoms with Crippen LogP contribution in [-0.2, 0) is 29.7 Å². The number of aromatic nitrogens is 2. The lowest BCUT2D eigenvalue weighted by Crippen LogP contribution is -2.66. The third-order valence-corrected chi connectivity index (χ3v) is 15.1. The molecule has 10 rings (SSSR count). The van der Waals surface area contributed by atoms with Gasteiger partial charge in [0.05, 0.1) is 25.2 Å². The first-order valence-electron chi connectivity index (χ1n) is 21.8. The SMILES string of the molecule is COc1cc(-c2cn(C)c(=O)c3cnc(N4CCC4)cc23)cc(OC)c1CN1CC(C(C)(C)N2CCC3(CC2)CN(c2ccc4c(c2)CN(C2CCC(=O)NC2=O)C4=O)C3)C1. The summed E-state index contributed by atoms with van der Waals surface area (Å²) in [5.74, 6) is 2.20. The van der Waals surface area contributed by atoms with E-state index < -0.39 is 6.04 Å². The van der Waals surface area contributed by atoms with Crippen LogP contribution in [0.25, 0.3) is 21.9 Å². The third kappa shape index (κ3) is 6.73. The molecule has 5 fully saturated rings. The molecular weight excluding hydrogens is 773 g/mol. The van der Waals surface area contributed by atoms with Gasteiger partial charge in [-0.25, -0.2) is 4.98 Å². The fourth-order valence-corrected chi connectivity index (χ4v) is 10.8. The highest BCUT2D eigenvalue weighted by Crippen LogP contribution is 2.47. The molecule has 8 heterocycles. The summed E-state index contributed by atoms with van der Waals surface area (Å²) in [5, 5.41) is 3.86. The number of piperidine rings is 2. The number of methoxy groups -OCH3 is 2. The molecule has 320 valence electrons. The van der Waals surface area contributed by atoms with Crippen molar-refractivity contribution in [3.63, 3.8) is 0 Å². The molecule has 2 aromatic carbocycles. The van der Waals surface area contributed by atoms with E-state index in [0.717, 1.165) is 129 Å². The number of carbonyl (C=O) groups excluding carboxylic acids is 3. The first-order chi connectivity index (χ1) is 29.3. The number of amides is 3. The lowest BCUT2D eigenvalue weighted by Gasteiger charge is -2.59. The number of carbonyl (C=O) groups is 3. The van der Waals surface area contributed by atoms with Crippen molar-refractivity contribution in [2.24, 2.45) is 18.4 Å². The van der Waals surface area contributed by atoms with Gasteiger partial charge in [0.1, 0.15) is 23.4 Å². The van der Waals surface area contributed by atoms with E-state index in [-0.39, 0.29) is 35.2 Å². The minimum absolute atomic E-state index is 0.0641. The van der Waals surface area contributed by atoms with Crippen LogP contribution in [0.4, 0.5) is 11.5 Å². The van der Waals surface area contributed by atoms with Gasteiger partial charge in [0.2, 0.25) is 11.8 Å². The Morgan fingerprint density at radius 1 is 0.885 bits per heavy atom. The molecule has 0 radical (unpaired) electrons. The van der Waals surface area contributed by atoms with Crippen LogP contribution >= 0.6 is 0 Å². The maximum absolute atomic E-state index is 13.2. The van der Waals surface area contributed by atoms with E-state index in [4.69, 9.17) is 9.47 Å². The number of nitrogens with zero attached hydrogens (tertiary/aromatic N) is 7. The van der Waals surface area contributed by atoms with Crippen LogP contribution in [0.2, 0.25) is 0 Å². The van der Waals surface area contributed by atoms with Gasteiger partial charge in [-0.1, -0.05) is 0 Å². The summed E-state index contributed by atoms with van der Waals surface area (Å²) in [7, 11) is 5.21. The number of aryl methyl sites for hydroxylation is 1. The average Bonchev–Trinajstić information content (AvgIpc) is 3.53. The number of pyridine rings is 2. The Bertz CT molecular complexity index is 2480. The molecule has 61 heavy (non-hydrogen) atoms. The summed E-state index contributed by atoms with van der Waals surface area (Å²) in [6.07, 6.45) is 7.72. The second-order valence-corrected chi connectivity index (χ2v) is 18.9. The van der Waals surface area contributed by atoms with E-state index >= 15 is 0 Å². The van der Waals surface area contributed by atoms with Crippen LogP contribution in [-0.4, -0.2) is 120 Å². The van der Waals surface area contributed by atoms with Crippen molar-refractivity contribution in [1.29, 1.82) is 0 Å². The van der Waals surface area contributed by atoms with Gasteiger partial charge in [0, 0.05) is 117 Å². The van der Waals surface area contributed by atoms with E-state index in [2.05, 4.69) is 68.0 Å². The first kappa shape index (κ1) is 39.7. The van der Waals surface area contributed by atoms with Gasteiger partial charge in [-0.15, -0.1) is 0 Å². The lowest BCUT2D eigenvalue weighted by molar-refractivity contribution is -0.136. The number of rotatable bonds is 10.